The first-order valence-corrected chi connectivity index (χ1v) is 8.11. The van der Waals surface area contributed by atoms with Gasteiger partial charge in [-0.2, -0.15) is 0 Å². The summed E-state index contributed by atoms with van der Waals surface area (Å²) in [7, 11) is 3.26. The minimum absolute atomic E-state index is 0.0855. The summed E-state index contributed by atoms with van der Waals surface area (Å²) >= 11 is 0. The molecule has 0 amide bonds. The summed E-state index contributed by atoms with van der Waals surface area (Å²) in [6.07, 6.45) is -0.161. The number of hydrogen-bond donors (Lipinski definition) is 1. The molecule has 27 heavy (non-hydrogen) atoms. The monoisotopic (exact) mass is 370 g/mol. The predicted molar refractivity (Wildman–Crippen MR) is 98.7 cm³/mol. The normalized spacial score (nSPS) is 10.8. The number of benzene rings is 2. The Labute approximate surface area is 154 Å². The summed E-state index contributed by atoms with van der Waals surface area (Å²) in [6, 6.07) is 9.72. The number of nitro groups is 1. The third-order valence-corrected chi connectivity index (χ3v) is 4.39. The molecule has 140 valence electrons. The molecule has 2 aromatic carbocycles. The van der Waals surface area contributed by atoms with Crippen molar-refractivity contribution in [2.45, 2.75) is 13.3 Å². The second kappa shape index (κ2) is 6.99. The Morgan fingerprint density at radius 1 is 1.19 bits per heavy atom. The predicted octanol–water partition coefficient (Wildman–Crippen LogP) is 3.82. The zero-order valence-corrected chi connectivity index (χ0v) is 15.1. The number of carboxylic acid groups (broad SMARTS) is 1. The number of hydrogen-bond acceptors (Lipinski definition) is 5. The summed E-state index contributed by atoms with van der Waals surface area (Å²) < 4.78 is 12.9. The molecule has 8 heteroatoms. The van der Waals surface area contributed by atoms with Crippen LogP contribution in [-0.2, 0) is 18.3 Å². The number of nitro benzene ring substituents is 1. The molecule has 0 saturated carbocycles. The van der Waals surface area contributed by atoms with Gasteiger partial charge >= 0.3 is 11.7 Å². The van der Waals surface area contributed by atoms with Crippen LogP contribution < -0.4 is 9.47 Å². The van der Waals surface area contributed by atoms with Crippen LogP contribution in [-0.4, -0.2) is 27.7 Å². The van der Waals surface area contributed by atoms with Crippen molar-refractivity contribution in [1.82, 2.24) is 4.57 Å². The first kappa shape index (κ1) is 18.2. The number of aryl methyl sites for hydroxylation is 2. The molecule has 0 fully saturated rings. The summed E-state index contributed by atoms with van der Waals surface area (Å²) in [4.78, 5) is 22.1. The van der Waals surface area contributed by atoms with Crippen molar-refractivity contribution in [3.05, 3.63) is 57.8 Å². The van der Waals surface area contributed by atoms with E-state index in [-0.39, 0.29) is 23.6 Å². The van der Waals surface area contributed by atoms with Gasteiger partial charge in [0.2, 0.25) is 5.75 Å². The van der Waals surface area contributed by atoms with Gasteiger partial charge in [-0.05, 0) is 42.8 Å². The maximum absolute atomic E-state index is 11.7. The number of carboxylic acids is 1. The Kier molecular flexibility index (Phi) is 4.72. The Morgan fingerprint density at radius 3 is 2.52 bits per heavy atom. The lowest BCUT2D eigenvalue weighted by molar-refractivity contribution is -0.383. The number of methoxy groups -OCH3 is 1. The number of aliphatic carboxylic acids is 1. The molecule has 1 heterocycles. The standard InChI is InChI=1S/C19H18N2O6/c1-11-8-13-14(20(11)2)5-7-16(19(13)21(24)25)27-15-6-4-12(10-18(22)23)9-17(15)26-3/h4-9H,10H2,1-3H3,(H,22,23). The lowest BCUT2D eigenvalue weighted by Crippen LogP contribution is -2.01. The van der Waals surface area contributed by atoms with Gasteiger partial charge in [-0.15, -0.1) is 0 Å². The lowest BCUT2D eigenvalue weighted by Gasteiger charge is -2.12. The summed E-state index contributed by atoms with van der Waals surface area (Å²) in [6.45, 7) is 1.87. The molecule has 1 aromatic heterocycles. The van der Waals surface area contributed by atoms with Gasteiger partial charge in [-0.3, -0.25) is 14.9 Å². The fourth-order valence-electron chi connectivity index (χ4n) is 2.98. The zero-order chi connectivity index (χ0) is 19.7. The van der Waals surface area contributed by atoms with Crippen LogP contribution in [0.5, 0.6) is 17.2 Å². The van der Waals surface area contributed by atoms with Crippen LogP contribution in [0.3, 0.4) is 0 Å². The van der Waals surface area contributed by atoms with E-state index in [9.17, 15) is 14.9 Å². The topological polar surface area (TPSA) is 104 Å². The van der Waals surface area contributed by atoms with Gasteiger partial charge in [0.05, 0.1) is 29.4 Å². The fourth-order valence-corrected chi connectivity index (χ4v) is 2.98. The second-order valence-electron chi connectivity index (χ2n) is 6.10. The van der Waals surface area contributed by atoms with Crippen LogP contribution in [0, 0.1) is 17.0 Å². The first-order chi connectivity index (χ1) is 12.8. The number of rotatable bonds is 6. The number of carbonyl (C=O) groups is 1. The van der Waals surface area contributed by atoms with Crippen molar-refractivity contribution in [3.8, 4) is 17.2 Å². The maximum atomic E-state index is 11.7. The zero-order valence-electron chi connectivity index (χ0n) is 15.1. The molecule has 0 saturated heterocycles. The third kappa shape index (κ3) is 3.41. The minimum Gasteiger partial charge on any atom is -0.493 e. The van der Waals surface area contributed by atoms with E-state index in [1.165, 1.54) is 7.11 Å². The van der Waals surface area contributed by atoms with Crippen molar-refractivity contribution < 1.29 is 24.3 Å². The molecule has 0 aliphatic heterocycles. The molecular formula is C19H18N2O6. The van der Waals surface area contributed by atoms with Gasteiger partial charge in [-0.25, -0.2) is 0 Å². The van der Waals surface area contributed by atoms with E-state index < -0.39 is 10.9 Å². The first-order valence-electron chi connectivity index (χ1n) is 8.11. The lowest BCUT2D eigenvalue weighted by atomic mass is 10.1. The highest BCUT2D eigenvalue weighted by Crippen LogP contribution is 2.41. The van der Waals surface area contributed by atoms with Crippen molar-refractivity contribution in [2.24, 2.45) is 7.05 Å². The van der Waals surface area contributed by atoms with Gasteiger partial charge in [-0.1, -0.05) is 6.07 Å². The Morgan fingerprint density at radius 2 is 1.89 bits per heavy atom. The van der Waals surface area contributed by atoms with Crippen LogP contribution in [0.25, 0.3) is 10.9 Å². The van der Waals surface area contributed by atoms with E-state index in [0.29, 0.717) is 16.7 Å². The third-order valence-electron chi connectivity index (χ3n) is 4.39. The molecule has 1 N–H and O–H groups in total. The number of nitrogens with zero attached hydrogens (tertiary/aromatic N) is 2. The average molecular weight is 370 g/mol. The van der Waals surface area contributed by atoms with E-state index in [1.807, 2.05) is 18.5 Å². The second-order valence-corrected chi connectivity index (χ2v) is 6.10. The van der Waals surface area contributed by atoms with Crippen molar-refractivity contribution in [1.29, 1.82) is 0 Å². The largest absolute Gasteiger partial charge is 0.493 e. The average Bonchev–Trinajstić information content (AvgIpc) is 2.89. The summed E-state index contributed by atoms with van der Waals surface area (Å²) in [5, 5.41) is 21.1. The quantitative estimate of drug-likeness (QED) is 0.522. The molecule has 3 rings (SSSR count). The van der Waals surface area contributed by atoms with Crippen LogP contribution in [0.1, 0.15) is 11.3 Å². The Hall–Kier alpha value is -3.55. The number of fused-ring (bicyclic) bond motifs is 1. The van der Waals surface area contributed by atoms with E-state index in [0.717, 1.165) is 11.2 Å². The highest BCUT2D eigenvalue weighted by Gasteiger charge is 2.23. The molecular weight excluding hydrogens is 352 g/mol. The van der Waals surface area contributed by atoms with Crippen LogP contribution in [0.15, 0.2) is 36.4 Å². The van der Waals surface area contributed by atoms with E-state index in [1.54, 1.807) is 36.4 Å². The molecule has 0 spiro atoms. The van der Waals surface area contributed by atoms with Crippen molar-refractivity contribution >= 4 is 22.6 Å². The van der Waals surface area contributed by atoms with Crippen molar-refractivity contribution in [2.75, 3.05) is 7.11 Å². The molecule has 0 aliphatic carbocycles. The number of aromatic nitrogens is 1. The van der Waals surface area contributed by atoms with Crippen molar-refractivity contribution in [3.63, 3.8) is 0 Å². The highest BCUT2D eigenvalue weighted by atomic mass is 16.6. The van der Waals surface area contributed by atoms with Crippen LogP contribution >= 0.6 is 0 Å². The summed E-state index contributed by atoms with van der Waals surface area (Å²) in [5.74, 6) is -0.317. The van der Waals surface area contributed by atoms with Crippen LogP contribution in [0.2, 0.25) is 0 Å². The van der Waals surface area contributed by atoms with Crippen LogP contribution in [0.4, 0.5) is 5.69 Å². The van der Waals surface area contributed by atoms with E-state index >= 15 is 0 Å². The molecule has 3 aromatic rings. The van der Waals surface area contributed by atoms with Gasteiger partial charge in [0.25, 0.3) is 0 Å². The van der Waals surface area contributed by atoms with E-state index in [2.05, 4.69) is 0 Å². The van der Waals surface area contributed by atoms with Gasteiger partial charge in [0, 0.05) is 12.7 Å². The smallest absolute Gasteiger partial charge is 0.320 e. The Balaban J connectivity index is 2.07. The molecule has 0 atom stereocenters. The Bertz CT molecular complexity index is 1050. The highest BCUT2D eigenvalue weighted by molar-refractivity contribution is 5.93. The fraction of sp³-hybridized carbons (Fsp3) is 0.211. The van der Waals surface area contributed by atoms with Gasteiger partial charge < -0.3 is 19.1 Å². The van der Waals surface area contributed by atoms with E-state index in [4.69, 9.17) is 14.6 Å². The molecule has 0 radical (unpaired) electrons. The van der Waals surface area contributed by atoms with Gasteiger partial charge in [0.1, 0.15) is 0 Å². The molecule has 0 aliphatic rings. The minimum atomic E-state index is -0.966. The molecule has 8 nitrogen and oxygen atoms in total. The SMILES string of the molecule is COc1cc(CC(=O)O)ccc1Oc1ccc2c(cc(C)n2C)c1[N+](=O)[O-]. The molecule has 0 unspecified atom stereocenters. The summed E-state index contributed by atoms with van der Waals surface area (Å²) in [5.41, 5.74) is 2.03. The molecule has 0 bridgehead atoms. The van der Waals surface area contributed by atoms with Gasteiger partial charge in [0.15, 0.2) is 11.5 Å². The number of ether oxygens (including phenoxy) is 2. The maximum Gasteiger partial charge on any atom is 0.320 e.